The predicted molar refractivity (Wildman–Crippen MR) is 78.2 cm³/mol. The van der Waals surface area contributed by atoms with Gasteiger partial charge in [0, 0.05) is 17.2 Å². The van der Waals surface area contributed by atoms with E-state index in [0.29, 0.717) is 11.6 Å². The van der Waals surface area contributed by atoms with Crippen LogP contribution in [0.25, 0.3) is 0 Å². The summed E-state index contributed by atoms with van der Waals surface area (Å²) in [6.07, 6.45) is 2.33. The largest absolute Gasteiger partial charge is 0.308 e. The lowest BCUT2D eigenvalue weighted by Gasteiger charge is -2.14. The molecule has 0 bridgehead atoms. The van der Waals surface area contributed by atoms with Gasteiger partial charge in [0.05, 0.1) is 5.75 Å². The molecule has 1 rings (SSSR count). The zero-order valence-corrected chi connectivity index (χ0v) is 12.5. The minimum Gasteiger partial charge on any atom is -0.308 e. The van der Waals surface area contributed by atoms with Crippen molar-refractivity contribution >= 4 is 23.5 Å². The Balaban J connectivity index is 2.38. The number of H-pyrrole nitrogens is 1. The van der Waals surface area contributed by atoms with Crippen LogP contribution in [-0.4, -0.2) is 27.6 Å². The third kappa shape index (κ3) is 5.12. The summed E-state index contributed by atoms with van der Waals surface area (Å²) < 4.78 is 0. The van der Waals surface area contributed by atoms with Crippen LogP contribution >= 0.6 is 11.8 Å². The van der Waals surface area contributed by atoms with E-state index < -0.39 is 0 Å². The molecule has 102 valence electrons. The van der Waals surface area contributed by atoms with Crippen molar-refractivity contribution in [3.05, 3.63) is 11.8 Å². The van der Waals surface area contributed by atoms with Crippen LogP contribution in [0.2, 0.25) is 0 Å². The summed E-state index contributed by atoms with van der Waals surface area (Å²) in [6.45, 7) is 8.46. The Morgan fingerprint density at radius 3 is 2.78 bits per heavy atom. The molecule has 18 heavy (non-hydrogen) atoms. The summed E-state index contributed by atoms with van der Waals surface area (Å²) in [5, 5.41) is 9.87. The highest BCUT2D eigenvalue weighted by atomic mass is 32.2. The molecule has 0 spiro atoms. The Hall–Kier alpha value is -0.970. The number of nitrogens with zero attached hydrogens (tertiary/aromatic N) is 1. The van der Waals surface area contributed by atoms with E-state index >= 15 is 0 Å². The fraction of sp³-hybridized carbons (Fsp3) is 0.692. The summed E-state index contributed by atoms with van der Waals surface area (Å²) in [5.74, 6) is 2.17. The summed E-state index contributed by atoms with van der Waals surface area (Å²) in [4.78, 5) is 11.6. The quantitative estimate of drug-likeness (QED) is 0.780. The highest BCUT2D eigenvalue weighted by Crippen LogP contribution is 2.21. The average molecular weight is 269 g/mol. The third-order valence-corrected chi connectivity index (χ3v) is 3.57. The minimum absolute atomic E-state index is 0.0167. The highest BCUT2D eigenvalue weighted by Gasteiger charge is 2.17. The minimum atomic E-state index is 0.0167. The maximum atomic E-state index is 11.6. The zero-order valence-electron chi connectivity index (χ0n) is 11.7. The highest BCUT2D eigenvalue weighted by molar-refractivity contribution is 7.99. The molecule has 1 aromatic rings. The van der Waals surface area contributed by atoms with Crippen LogP contribution in [0.15, 0.2) is 6.07 Å². The van der Waals surface area contributed by atoms with Gasteiger partial charge < -0.3 is 5.32 Å². The standard InChI is InChI=1S/C13H23N3OS/c1-5-6-7-18-9-12(17)14-11-8-10(15-16-11)13(2,3)4/h8H,5-7,9H2,1-4H3,(H2,14,15,16,17). The van der Waals surface area contributed by atoms with Crippen molar-refractivity contribution in [1.29, 1.82) is 0 Å². The Labute approximate surface area is 113 Å². The maximum absolute atomic E-state index is 11.6. The Bertz CT molecular complexity index is 382. The number of aromatic amines is 1. The van der Waals surface area contributed by atoms with E-state index in [9.17, 15) is 4.79 Å². The topological polar surface area (TPSA) is 57.8 Å². The van der Waals surface area contributed by atoms with Crippen LogP contribution in [-0.2, 0) is 10.2 Å². The van der Waals surface area contributed by atoms with Crippen molar-refractivity contribution in [1.82, 2.24) is 10.2 Å². The van der Waals surface area contributed by atoms with E-state index in [2.05, 4.69) is 43.2 Å². The number of anilines is 1. The molecule has 1 heterocycles. The molecule has 4 nitrogen and oxygen atoms in total. The van der Waals surface area contributed by atoms with Gasteiger partial charge in [0.1, 0.15) is 0 Å². The van der Waals surface area contributed by atoms with E-state index in [-0.39, 0.29) is 11.3 Å². The fourth-order valence-electron chi connectivity index (χ4n) is 1.36. The number of thioether (sulfide) groups is 1. The first-order valence-corrected chi connectivity index (χ1v) is 7.52. The first-order valence-electron chi connectivity index (χ1n) is 6.37. The number of aromatic nitrogens is 2. The van der Waals surface area contributed by atoms with Gasteiger partial charge in [-0.3, -0.25) is 9.89 Å². The number of hydrogen-bond donors (Lipinski definition) is 2. The third-order valence-electron chi connectivity index (χ3n) is 2.53. The molecule has 1 amide bonds. The first-order chi connectivity index (χ1) is 8.43. The number of nitrogens with one attached hydrogen (secondary N) is 2. The van der Waals surface area contributed by atoms with Gasteiger partial charge in [0.25, 0.3) is 0 Å². The Morgan fingerprint density at radius 1 is 1.50 bits per heavy atom. The SMILES string of the molecule is CCCCSCC(=O)Nc1cc(C(C)(C)C)[nH]n1. The van der Waals surface area contributed by atoms with E-state index in [4.69, 9.17) is 0 Å². The second kappa shape index (κ2) is 6.83. The van der Waals surface area contributed by atoms with Crippen molar-refractivity contribution in [3.63, 3.8) is 0 Å². The van der Waals surface area contributed by atoms with Gasteiger partial charge in [-0.2, -0.15) is 16.9 Å². The van der Waals surface area contributed by atoms with Gasteiger partial charge in [-0.05, 0) is 12.2 Å². The molecule has 5 heteroatoms. The second-order valence-corrected chi connectivity index (χ2v) is 6.48. The monoisotopic (exact) mass is 269 g/mol. The lowest BCUT2D eigenvalue weighted by molar-refractivity contribution is -0.113. The lowest BCUT2D eigenvalue weighted by atomic mass is 9.92. The molecule has 0 aliphatic carbocycles. The number of carbonyl (C=O) groups is 1. The summed E-state index contributed by atoms with van der Waals surface area (Å²) in [7, 11) is 0. The van der Waals surface area contributed by atoms with Crippen LogP contribution in [0.3, 0.4) is 0 Å². The van der Waals surface area contributed by atoms with E-state index in [1.54, 1.807) is 11.8 Å². The lowest BCUT2D eigenvalue weighted by Crippen LogP contribution is -2.14. The van der Waals surface area contributed by atoms with Crippen LogP contribution in [0.4, 0.5) is 5.82 Å². The van der Waals surface area contributed by atoms with Crippen molar-refractivity contribution in [2.75, 3.05) is 16.8 Å². The van der Waals surface area contributed by atoms with Crippen LogP contribution in [0.5, 0.6) is 0 Å². The number of unbranched alkanes of at least 4 members (excludes halogenated alkanes) is 1. The molecule has 0 radical (unpaired) electrons. The molecule has 0 aromatic carbocycles. The molecule has 0 unspecified atom stereocenters. The normalized spacial score (nSPS) is 11.6. The summed E-state index contributed by atoms with van der Waals surface area (Å²) in [5.41, 5.74) is 1.04. The van der Waals surface area contributed by atoms with Gasteiger partial charge in [-0.15, -0.1) is 0 Å². The molecule has 0 atom stereocenters. The number of hydrogen-bond acceptors (Lipinski definition) is 3. The summed E-state index contributed by atoms with van der Waals surface area (Å²) in [6, 6.07) is 1.90. The smallest absolute Gasteiger partial charge is 0.235 e. The van der Waals surface area contributed by atoms with Gasteiger partial charge in [0.15, 0.2) is 5.82 Å². The molecule has 0 aliphatic heterocycles. The van der Waals surface area contributed by atoms with Gasteiger partial charge >= 0.3 is 0 Å². The molecule has 0 fully saturated rings. The molecular weight excluding hydrogens is 246 g/mol. The molecular formula is C13H23N3OS. The van der Waals surface area contributed by atoms with Gasteiger partial charge in [0.2, 0.25) is 5.91 Å². The second-order valence-electron chi connectivity index (χ2n) is 5.37. The van der Waals surface area contributed by atoms with Crippen molar-refractivity contribution < 1.29 is 4.79 Å². The van der Waals surface area contributed by atoms with E-state index in [1.807, 2.05) is 6.07 Å². The van der Waals surface area contributed by atoms with Crippen molar-refractivity contribution in [2.24, 2.45) is 0 Å². The zero-order chi connectivity index (χ0) is 13.6. The van der Waals surface area contributed by atoms with E-state index in [1.165, 1.54) is 6.42 Å². The summed E-state index contributed by atoms with van der Waals surface area (Å²) >= 11 is 1.67. The molecule has 0 saturated carbocycles. The molecule has 0 aliphatic rings. The van der Waals surface area contributed by atoms with Crippen LogP contribution < -0.4 is 5.32 Å². The molecule has 1 aromatic heterocycles. The van der Waals surface area contributed by atoms with Crippen LogP contribution in [0.1, 0.15) is 46.2 Å². The Morgan fingerprint density at radius 2 is 2.22 bits per heavy atom. The fourth-order valence-corrected chi connectivity index (χ4v) is 2.25. The number of amides is 1. The molecule has 0 saturated heterocycles. The van der Waals surface area contributed by atoms with Gasteiger partial charge in [-0.25, -0.2) is 0 Å². The average Bonchev–Trinajstić information content (AvgIpc) is 2.72. The Kier molecular flexibility index (Phi) is 5.72. The van der Waals surface area contributed by atoms with Crippen LogP contribution in [0, 0.1) is 0 Å². The molecule has 2 N–H and O–H groups in total. The first kappa shape index (κ1) is 15.1. The number of rotatable bonds is 6. The number of carbonyl (C=O) groups excluding carboxylic acids is 1. The maximum Gasteiger partial charge on any atom is 0.235 e. The van der Waals surface area contributed by atoms with E-state index in [0.717, 1.165) is 17.9 Å². The van der Waals surface area contributed by atoms with Crippen molar-refractivity contribution in [3.8, 4) is 0 Å². The van der Waals surface area contributed by atoms with Gasteiger partial charge in [-0.1, -0.05) is 34.1 Å². The predicted octanol–water partition coefficient (Wildman–Crippen LogP) is 3.18. The van der Waals surface area contributed by atoms with Crippen molar-refractivity contribution in [2.45, 2.75) is 46.0 Å².